The molecule has 26 heavy (non-hydrogen) atoms. The maximum Gasteiger partial charge on any atom is 0.271 e. The Kier molecular flexibility index (Phi) is 7.29. The molecule has 2 aromatic rings. The Morgan fingerprint density at radius 1 is 1.27 bits per heavy atom. The Hall–Kier alpha value is -1.79. The molecule has 0 aliphatic rings. The molecule has 1 N–H and O–H groups in total. The van der Waals surface area contributed by atoms with Crippen LogP contribution in [0.15, 0.2) is 40.2 Å². The lowest BCUT2D eigenvalue weighted by molar-refractivity contribution is -0.120. The van der Waals surface area contributed by atoms with Crippen molar-refractivity contribution in [2.45, 2.75) is 44.4 Å². The van der Waals surface area contributed by atoms with Gasteiger partial charge in [-0.2, -0.15) is 9.78 Å². The van der Waals surface area contributed by atoms with E-state index in [4.69, 9.17) is 11.6 Å². The predicted octanol–water partition coefficient (Wildman–Crippen LogP) is 3.84. The summed E-state index contributed by atoms with van der Waals surface area (Å²) < 4.78 is 1.30. The number of amides is 1. The molecule has 0 aliphatic heterocycles. The minimum Gasteiger partial charge on any atom is -0.355 e. The highest BCUT2D eigenvalue weighted by molar-refractivity contribution is 8.00. The van der Waals surface area contributed by atoms with Crippen LogP contribution in [0.4, 0.5) is 0 Å². The number of benzene rings is 1. The molecule has 0 fully saturated rings. The smallest absolute Gasteiger partial charge is 0.271 e. The van der Waals surface area contributed by atoms with E-state index in [1.807, 2.05) is 19.9 Å². The minimum absolute atomic E-state index is 0.0337. The van der Waals surface area contributed by atoms with Crippen molar-refractivity contribution >= 4 is 29.3 Å². The van der Waals surface area contributed by atoms with E-state index in [1.54, 1.807) is 18.2 Å². The topological polar surface area (TPSA) is 64.0 Å². The Bertz CT molecular complexity index is 836. The molecule has 5 nitrogen and oxygen atoms in total. The molecule has 1 heterocycles. The van der Waals surface area contributed by atoms with E-state index < -0.39 is 0 Å². The molecule has 1 amide bonds. The largest absolute Gasteiger partial charge is 0.355 e. The molecule has 0 bridgehead atoms. The zero-order valence-electron chi connectivity index (χ0n) is 15.5. The number of hydrogen-bond acceptors (Lipinski definition) is 4. The van der Waals surface area contributed by atoms with Crippen LogP contribution in [0.2, 0.25) is 5.02 Å². The molecular weight excluding hydrogens is 370 g/mol. The van der Waals surface area contributed by atoms with E-state index in [1.165, 1.54) is 22.5 Å². The summed E-state index contributed by atoms with van der Waals surface area (Å²) in [6.07, 6.45) is 0.945. The van der Waals surface area contributed by atoms with Gasteiger partial charge in [-0.05, 0) is 49.9 Å². The first-order valence-corrected chi connectivity index (χ1v) is 9.85. The lowest BCUT2D eigenvalue weighted by Crippen LogP contribution is -2.32. The number of carbonyl (C=O) groups excluding carboxylic acids is 1. The molecule has 0 saturated carbocycles. The molecule has 140 valence electrons. The molecule has 0 unspecified atom stereocenters. The van der Waals surface area contributed by atoms with E-state index in [2.05, 4.69) is 24.3 Å². The van der Waals surface area contributed by atoms with Crippen molar-refractivity contribution in [2.75, 3.05) is 6.54 Å². The monoisotopic (exact) mass is 393 g/mol. The van der Waals surface area contributed by atoms with Gasteiger partial charge in [0.05, 0.1) is 10.9 Å². The zero-order valence-corrected chi connectivity index (χ0v) is 17.0. The van der Waals surface area contributed by atoms with E-state index >= 15 is 0 Å². The zero-order chi connectivity index (χ0) is 19.3. The summed E-state index contributed by atoms with van der Waals surface area (Å²) in [6, 6.07) is 8.44. The highest BCUT2D eigenvalue weighted by Crippen LogP contribution is 2.22. The Balaban J connectivity index is 2.12. The molecule has 1 aromatic heterocycles. The van der Waals surface area contributed by atoms with Crippen molar-refractivity contribution in [3.05, 3.63) is 51.3 Å². The molecule has 0 aliphatic carbocycles. The lowest BCUT2D eigenvalue weighted by atomic mass is 10.1. The maximum atomic E-state index is 12.2. The Labute approximate surface area is 163 Å². The van der Waals surface area contributed by atoms with Crippen LogP contribution >= 0.6 is 23.4 Å². The average Bonchev–Trinajstić information content (AvgIpc) is 2.58. The van der Waals surface area contributed by atoms with Crippen molar-refractivity contribution < 1.29 is 4.79 Å². The first-order valence-electron chi connectivity index (χ1n) is 8.59. The molecular formula is C19H24ClN3O2S. The Morgan fingerprint density at radius 3 is 2.65 bits per heavy atom. The number of thioether (sulfide) groups is 1. The van der Waals surface area contributed by atoms with Crippen LogP contribution in [0.1, 0.15) is 32.8 Å². The lowest BCUT2D eigenvalue weighted by Gasteiger charge is -2.13. The summed E-state index contributed by atoms with van der Waals surface area (Å²) in [5, 5.41) is 8.18. The van der Waals surface area contributed by atoms with Crippen LogP contribution in [0.25, 0.3) is 5.69 Å². The number of nitrogens with zero attached hydrogens (tertiary/aromatic N) is 2. The molecule has 1 atom stereocenters. The van der Waals surface area contributed by atoms with Gasteiger partial charge in [0.25, 0.3) is 5.56 Å². The summed E-state index contributed by atoms with van der Waals surface area (Å²) in [5.74, 6) is 0.512. The summed E-state index contributed by atoms with van der Waals surface area (Å²) in [6.45, 7) is 8.63. The van der Waals surface area contributed by atoms with Crippen LogP contribution < -0.4 is 10.9 Å². The number of carbonyl (C=O) groups is 1. The first kappa shape index (κ1) is 20.5. The number of aromatic nitrogens is 2. The number of hydrogen-bond donors (Lipinski definition) is 1. The van der Waals surface area contributed by atoms with Crippen molar-refractivity contribution in [3.63, 3.8) is 0 Å². The number of nitrogens with one attached hydrogen (secondary N) is 1. The van der Waals surface area contributed by atoms with E-state index in [-0.39, 0.29) is 16.7 Å². The standard InChI is InChI=1S/C19H24ClN3O2S/c1-12(2)9-10-21-19(25)14(4)26-17-7-8-18(24)23(22-17)15-6-5-13(3)16(20)11-15/h5-8,11-12,14H,9-10H2,1-4H3,(H,21,25)/t14-/m1/s1. The third-order valence-electron chi connectivity index (χ3n) is 3.86. The average molecular weight is 394 g/mol. The van der Waals surface area contributed by atoms with Crippen molar-refractivity contribution in [1.82, 2.24) is 15.1 Å². The van der Waals surface area contributed by atoms with E-state index in [9.17, 15) is 9.59 Å². The number of halogens is 1. The third kappa shape index (κ3) is 5.61. The molecule has 0 spiro atoms. The minimum atomic E-state index is -0.303. The van der Waals surface area contributed by atoms with Gasteiger partial charge >= 0.3 is 0 Å². The summed E-state index contributed by atoms with van der Waals surface area (Å²) in [7, 11) is 0. The van der Waals surface area contributed by atoms with Gasteiger partial charge in [0.15, 0.2) is 0 Å². The van der Waals surface area contributed by atoms with Crippen LogP contribution in [0, 0.1) is 12.8 Å². The van der Waals surface area contributed by atoms with Crippen LogP contribution in [-0.2, 0) is 4.79 Å². The second-order valence-electron chi connectivity index (χ2n) is 6.59. The fraction of sp³-hybridized carbons (Fsp3) is 0.421. The summed E-state index contributed by atoms with van der Waals surface area (Å²) >= 11 is 7.47. The van der Waals surface area contributed by atoms with Crippen molar-refractivity contribution in [2.24, 2.45) is 5.92 Å². The molecule has 7 heteroatoms. The third-order valence-corrected chi connectivity index (χ3v) is 5.30. The van der Waals surface area contributed by atoms with Gasteiger partial charge in [-0.15, -0.1) is 0 Å². The van der Waals surface area contributed by atoms with Crippen LogP contribution in [0.5, 0.6) is 0 Å². The normalized spacial score (nSPS) is 12.2. The molecule has 2 rings (SSSR count). The van der Waals surface area contributed by atoms with Gasteiger partial charge in [-0.25, -0.2) is 0 Å². The number of rotatable bonds is 7. The summed E-state index contributed by atoms with van der Waals surface area (Å²) in [5.41, 5.74) is 1.28. The predicted molar refractivity (Wildman–Crippen MR) is 107 cm³/mol. The molecule has 0 radical (unpaired) electrons. The van der Waals surface area contributed by atoms with Crippen molar-refractivity contribution in [3.8, 4) is 5.69 Å². The van der Waals surface area contributed by atoms with Gasteiger partial charge in [-0.3, -0.25) is 9.59 Å². The Morgan fingerprint density at radius 2 is 2.00 bits per heavy atom. The highest BCUT2D eigenvalue weighted by Gasteiger charge is 2.16. The molecule has 1 aromatic carbocycles. The quantitative estimate of drug-likeness (QED) is 0.726. The van der Waals surface area contributed by atoms with Gasteiger partial charge in [0, 0.05) is 17.6 Å². The SMILES string of the molecule is Cc1ccc(-n2nc(S[C@H](C)C(=O)NCCC(C)C)ccc2=O)cc1Cl. The van der Waals surface area contributed by atoms with E-state index in [0.29, 0.717) is 28.2 Å². The van der Waals surface area contributed by atoms with Gasteiger partial charge in [0.1, 0.15) is 5.03 Å². The second kappa shape index (κ2) is 9.24. The molecule has 0 saturated heterocycles. The van der Waals surface area contributed by atoms with Crippen LogP contribution in [-0.4, -0.2) is 27.5 Å². The first-order chi connectivity index (χ1) is 12.3. The second-order valence-corrected chi connectivity index (χ2v) is 8.36. The fourth-order valence-corrected chi connectivity index (χ4v) is 3.22. The van der Waals surface area contributed by atoms with Crippen LogP contribution in [0.3, 0.4) is 0 Å². The van der Waals surface area contributed by atoms with Gasteiger partial charge in [0.2, 0.25) is 5.91 Å². The highest BCUT2D eigenvalue weighted by atomic mass is 35.5. The van der Waals surface area contributed by atoms with Gasteiger partial charge in [-0.1, -0.05) is 43.3 Å². The van der Waals surface area contributed by atoms with Gasteiger partial charge < -0.3 is 5.32 Å². The number of aryl methyl sites for hydroxylation is 1. The summed E-state index contributed by atoms with van der Waals surface area (Å²) in [4.78, 5) is 24.3. The van der Waals surface area contributed by atoms with E-state index in [0.717, 1.165) is 12.0 Å². The van der Waals surface area contributed by atoms with Crippen molar-refractivity contribution in [1.29, 1.82) is 0 Å². The maximum absolute atomic E-state index is 12.2. The fourth-order valence-electron chi connectivity index (χ4n) is 2.22.